The maximum Gasteiger partial charge on any atom is 0.119 e. The fraction of sp³-hybridized carbons (Fsp3) is 0.625. The Morgan fingerprint density at radius 2 is 2.26 bits per heavy atom. The highest BCUT2D eigenvalue weighted by molar-refractivity contribution is 6.21. The van der Waals surface area contributed by atoms with Crippen LogP contribution in [0.3, 0.4) is 0 Å². The van der Waals surface area contributed by atoms with E-state index in [1.165, 1.54) is 32.2 Å². The molecule has 0 spiro atoms. The van der Waals surface area contributed by atoms with E-state index in [1.54, 1.807) is 7.11 Å². The van der Waals surface area contributed by atoms with Crippen LogP contribution in [0.15, 0.2) is 24.3 Å². The van der Waals surface area contributed by atoms with E-state index < -0.39 is 0 Å². The molecule has 2 rings (SSSR count). The molecule has 0 saturated carbocycles. The molecule has 1 fully saturated rings. The molecule has 0 aliphatic carbocycles. The lowest BCUT2D eigenvalue weighted by Gasteiger charge is -2.36. The highest BCUT2D eigenvalue weighted by atomic mass is 35.5. The Morgan fingerprint density at radius 1 is 1.42 bits per heavy atom. The van der Waals surface area contributed by atoms with Gasteiger partial charge in [-0.25, -0.2) is 0 Å². The van der Waals surface area contributed by atoms with Gasteiger partial charge in [0.25, 0.3) is 0 Å². The Labute approximate surface area is 121 Å². The van der Waals surface area contributed by atoms with Crippen LogP contribution in [-0.4, -0.2) is 31.1 Å². The number of benzene rings is 1. The molecule has 3 heteroatoms. The molecule has 1 aromatic carbocycles. The van der Waals surface area contributed by atoms with Crippen molar-refractivity contribution < 1.29 is 4.74 Å². The van der Waals surface area contributed by atoms with Gasteiger partial charge in [-0.2, -0.15) is 0 Å². The molecule has 19 heavy (non-hydrogen) atoms. The first-order valence-electron chi connectivity index (χ1n) is 7.26. The zero-order valence-electron chi connectivity index (χ0n) is 11.9. The summed E-state index contributed by atoms with van der Waals surface area (Å²) in [6.45, 7) is 4.40. The smallest absolute Gasteiger partial charge is 0.119 e. The van der Waals surface area contributed by atoms with Crippen LogP contribution in [0.1, 0.15) is 43.5 Å². The molecule has 1 aromatic rings. The number of piperidine rings is 1. The van der Waals surface area contributed by atoms with Gasteiger partial charge < -0.3 is 4.74 Å². The second kappa shape index (κ2) is 7.16. The van der Waals surface area contributed by atoms with E-state index in [0.29, 0.717) is 6.04 Å². The van der Waals surface area contributed by atoms with Crippen LogP contribution in [0, 0.1) is 0 Å². The van der Waals surface area contributed by atoms with Gasteiger partial charge in [0, 0.05) is 12.6 Å². The van der Waals surface area contributed by atoms with Gasteiger partial charge in [0.05, 0.1) is 12.5 Å². The quantitative estimate of drug-likeness (QED) is 0.749. The molecule has 1 saturated heterocycles. The highest BCUT2D eigenvalue weighted by Crippen LogP contribution is 2.28. The molecule has 1 aliphatic heterocycles. The van der Waals surface area contributed by atoms with Crippen LogP contribution < -0.4 is 4.74 Å². The number of likely N-dealkylation sites (tertiary alicyclic amines) is 1. The number of hydrogen-bond acceptors (Lipinski definition) is 2. The van der Waals surface area contributed by atoms with Gasteiger partial charge in [0.15, 0.2) is 0 Å². The summed E-state index contributed by atoms with van der Waals surface area (Å²) in [6.07, 6.45) is 5.21. The normalized spacial score (nSPS) is 22.2. The highest BCUT2D eigenvalue weighted by Gasteiger charge is 2.23. The number of rotatable bonds is 5. The molecule has 0 bridgehead atoms. The summed E-state index contributed by atoms with van der Waals surface area (Å²) < 4.78 is 5.27. The summed E-state index contributed by atoms with van der Waals surface area (Å²) in [5.74, 6) is 0.883. The third kappa shape index (κ3) is 3.87. The fourth-order valence-corrected chi connectivity index (χ4v) is 3.22. The Bertz CT molecular complexity index is 396. The molecule has 0 aromatic heterocycles. The Morgan fingerprint density at radius 3 is 3.00 bits per heavy atom. The number of methoxy groups -OCH3 is 1. The zero-order valence-corrected chi connectivity index (χ0v) is 12.7. The molecule has 1 aliphatic rings. The van der Waals surface area contributed by atoms with Gasteiger partial charge in [-0.1, -0.05) is 25.5 Å². The second-order valence-electron chi connectivity index (χ2n) is 5.30. The van der Waals surface area contributed by atoms with Crippen molar-refractivity contribution in [3.63, 3.8) is 0 Å². The fourth-order valence-electron chi connectivity index (χ4n) is 2.91. The number of ether oxygens (including phenoxy) is 1. The lowest BCUT2D eigenvalue weighted by atomic mass is 9.99. The van der Waals surface area contributed by atoms with Crippen molar-refractivity contribution in [1.82, 2.24) is 4.90 Å². The SMILES string of the molecule is CCC1CCCCN1CC(Cl)c1cccc(OC)c1. The Kier molecular flexibility index (Phi) is 5.53. The van der Waals surface area contributed by atoms with E-state index in [-0.39, 0.29) is 5.38 Å². The minimum atomic E-state index is 0.0437. The topological polar surface area (TPSA) is 12.5 Å². The number of hydrogen-bond donors (Lipinski definition) is 0. The van der Waals surface area contributed by atoms with Crippen LogP contribution in [0.4, 0.5) is 0 Å². The van der Waals surface area contributed by atoms with Gasteiger partial charge in [0.1, 0.15) is 5.75 Å². The minimum Gasteiger partial charge on any atom is -0.497 e. The minimum absolute atomic E-state index is 0.0437. The lowest BCUT2D eigenvalue weighted by Crippen LogP contribution is -2.40. The van der Waals surface area contributed by atoms with Crippen LogP contribution in [-0.2, 0) is 0 Å². The molecule has 0 N–H and O–H groups in total. The van der Waals surface area contributed by atoms with Crippen molar-refractivity contribution in [3.8, 4) is 5.75 Å². The van der Waals surface area contributed by atoms with E-state index in [0.717, 1.165) is 17.9 Å². The van der Waals surface area contributed by atoms with Gasteiger partial charge in [0.2, 0.25) is 0 Å². The second-order valence-corrected chi connectivity index (χ2v) is 5.82. The van der Waals surface area contributed by atoms with Crippen molar-refractivity contribution in [2.45, 2.75) is 44.0 Å². The monoisotopic (exact) mass is 281 g/mol. The van der Waals surface area contributed by atoms with Crippen LogP contribution in [0.25, 0.3) is 0 Å². The van der Waals surface area contributed by atoms with E-state index >= 15 is 0 Å². The predicted octanol–water partition coefficient (Wildman–Crippen LogP) is 4.24. The van der Waals surface area contributed by atoms with Crippen molar-refractivity contribution in [1.29, 1.82) is 0 Å². The molecular formula is C16H24ClNO. The molecule has 0 amide bonds. The van der Waals surface area contributed by atoms with Crippen molar-refractivity contribution >= 4 is 11.6 Å². The summed E-state index contributed by atoms with van der Waals surface area (Å²) in [6, 6.07) is 8.81. The first kappa shape index (κ1) is 14.7. The van der Waals surface area contributed by atoms with Crippen LogP contribution >= 0.6 is 11.6 Å². The summed E-state index contributed by atoms with van der Waals surface area (Å²) >= 11 is 6.59. The van der Waals surface area contributed by atoms with Crippen molar-refractivity contribution in [3.05, 3.63) is 29.8 Å². The third-order valence-electron chi connectivity index (χ3n) is 4.07. The van der Waals surface area contributed by atoms with Gasteiger partial charge in [-0.05, 0) is 43.5 Å². The first-order valence-corrected chi connectivity index (χ1v) is 7.70. The zero-order chi connectivity index (χ0) is 13.7. The summed E-state index contributed by atoms with van der Waals surface area (Å²) in [4.78, 5) is 2.56. The van der Waals surface area contributed by atoms with E-state index in [2.05, 4.69) is 17.9 Å². The van der Waals surface area contributed by atoms with Crippen LogP contribution in [0.5, 0.6) is 5.75 Å². The summed E-state index contributed by atoms with van der Waals surface area (Å²) in [5.41, 5.74) is 1.15. The van der Waals surface area contributed by atoms with Crippen molar-refractivity contribution in [2.24, 2.45) is 0 Å². The molecule has 1 heterocycles. The lowest BCUT2D eigenvalue weighted by molar-refractivity contribution is 0.144. The first-order chi connectivity index (χ1) is 9.24. The van der Waals surface area contributed by atoms with E-state index in [4.69, 9.17) is 16.3 Å². The average molecular weight is 282 g/mol. The standard InChI is InChI=1S/C16H24ClNO/c1-3-14-8-4-5-10-18(14)12-16(17)13-7-6-9-15(11-13)19-2/h6-7,9,11,14,16H,3-5,8,10,12H2,1-2H3. The number of halogens is 1. The molecule has 2 unspecified atom stereocenters. The van der Waals surface area contributed by atoms with E-state index in [1.807, 2.05) is 18.2 Å². The Balaban J connectivity index is 2.00. The van der Waals surface area contributed by atoms with Gasteiger partial charge in [-0.15, -0.1) is 11.6 Å². The summed E-state index contributed by atoms with van der Waals surface area (Å²) in [7, 11) is 1.69. The molecule has 0 radical (unpaired) electrons. The molecular weight excluding hydrogens is 258 g/mol. The maximum atomic E-state index is 6.59. The van der Waals surface area contributed by atoms with E-state index in [9.17, 15) is 0 Å². The number of nitrogens with zero attached hydrogens (tertiary/aromatic N) is 1. The van der Waals surface area contributed by atoms with Crippen LogP contribution in [0.2, 0.25) is 0 Å². The van der Waals surface area contributed by atoms with Gasteiger partial charge >= 0.3 is 0 Å². The predicted molar refractivity (Wildman–Crippen MR) is 81.1 cm³/mol. The summed E-state index contributed by atoms with van der Waals surface area (Å²) in [5, 5.41) is 0.0437. The molecule has 2 atom stereocenters. The number of alkyl halides is 1. The third-order valence-corrected chi connectivity index (χ3v) is 4.46. The molecule has 2 nitrogen and oxygen atoms in total. The Hall–Kier alpha value is -0.730. The largest absolute Gasteiger partial charge is 0.497 e. The molecule has 106 valence electrons. The average Bonchev–Trinajstić information content (AvgIpc) is 2.47. The maximum absolute atomic E-state index is 6.59. The van der Waals surface area contributed by atoms with Gasteiger partial charge in [-0.3, -0.25) is 4.90 Å². The van der Waals surface area contributed by atoms with Crippen molar-refractivity contribution in [2.75, 3.05) is 20.2 Å².